The summed E-state index contributed by atoms with van der Waals surface area (Å²) >= 11 is 0.487. The topological polar surface area (TPSA) is 28.7 Å². The number of hydrogen-bond acceptors (Lipinski definition) is 1. The zero-order valence-corrected chi connectivity index (χ0v) is 6.96. The summed E-state index contributed by atoms with van der Waals surface area (Å²) < 4.78 is 0. The first-order valence-electron chi connectivity index (χ1n) is 2.99. The summed E-state index contributed by atoms with van der Waals surface area (Å²) in [6, 6.07) is 4.02. The molecule has 0 unspecified atom stereocenters. The van der Waals surface area contributed by atoms with Crippen molar-refractivity contribution in [1.82, 2.24) is 9.97 Å². The van der Waals surface area contributed by atoms with Crippen molar-refractivity contribution in [3.05, 3.63) is 28.3 Å². The molecule has 2 rings (SSSR count). The maximum absolute atomic E-state index is 4.21. The molecular weight excluding hydrogens is 191 g/mol. The first kappa shape index (κ1) is 5.95. The fraction of sp³-hybridized carbons (Fsp3) is 0. The fourth-order valence-corrected chi connectivity index (χ4v) is 1.99. The Bertz CT molecular complexity index is 251. The third-order valence-corrected chi connectivity index (χ3v) is 2.54. The Kier molecular flexibility index (Phi) is 1.46. The molecule has 1 N–H and O–H groups in total. The molecule has 2 aromatic rings. The van der Waals surface area contributed by atoms with Gasteiger partial charge in [-0.2, -0.15) is 0 Å². The normalized spacial score (nSPS) is 10.0. The van der Waals surface area contributed by atoms with Crippen molar-refractivity contribution in [3.8, 4) is 11.4 Å². The second-order valence-electron chi connectivity index (χ2n) is 1.96. The molecule has 50 valence electrons. The Labute approximate surface area is 64.7 Å². The number of nitrogens with one attached hydrogen (secondary N) is 1. The zero-order valence-electron chi connectivity index (χ0n) is 5.24. The van der Waals surface area contributed by atoms with Crippen LogP contribution in [-0.4, -0.2) is 24.5 Å². The van der Waals surface area contributed by atoms with Crippen LogP contribution in [0.15, 0.2) is 28.3 Å². The van der Waals surface area contributed by atoms with Crippen molar-refractivity contribution in [2.75, 3.05) is 0 Å². The molecular formula is C7H6N2Se. The van der Waals surface area contributed by atoms with Gasteiger partial charge in [0, 0.05) is 0 Å². The van der Waals surface area contributed by atoms with E-state index in [4.69, 9.17) is 0 Å². The van der Waals surface area contributed by atoms with Gasteiger partial charge in [0.2, 0.25) is 0 Å². The summed E-state index contributed by atoms with van der Waals surface area (Å²) in [4.78, 5) is 9.48. The molecule has 2 nitrogen and oxygen atoms in total. The van der Waals surface area contributed by atoms with Gasteiger partial charge in [0.05, 0.1) is 0 Å². The number of hydrogen-bond donors (Lipinski definition) is 1. The molecule has 0 saturated carbocycles. The van der Waals surface area contributed by atoms with Gasteiger partial charge in [-0.3, -0.25) is 0 Å². The Morgan fingerprint density at radius 2 is 2.50 bits per heavy atom. The van der Waals surface area contributed by atoms with E-state index < -0.39 is 0 Å². The van der Waals surface area contributed by atoms with Gasteiger partial charge in [0.1, 0.15) is 0 Å². The molecule has 0 bridgehead atoms. The first-order valence-corrected chi connectivity index (χ1v) is 4.96. The van der Waals surface area contributed by atoms with E-state index >= 15 is 0 Å². The number of H-pyrrole nitrogens is 1. The van der Waals surface area contributed by atoms with E-state index in [0.29, 0.717) is 14.5 Å². The third kappa shape index (κ3) is 0.939. The van der Waals surface area contributed by atoms with Crippen molar-refractivity contribution < 1.29 is 0 Å². The SMILES string of the molecule is c1c[nH]c(-c2c[se]cn2)c1. The predicted octanol–water partition coefficient (Wildman–Crippen LogP) is 1.13. The Balaban J connectivity index is 2.48. The second-order valence-corrected chi connectivity index (χ2v) is 3.47. The fourth-order valence-electron chi connectivity index (χ4n) is 0.835. The molecule has 0 spiro atoms. The van der Waals surface area contributed by atoms with Crippen molar-refractivity contribution >= 4 is 14.5 Å². The number of nitrogens with zero attached hydrogens (tertiary/aromatic N) is 1. The van der Waals surface area contributed by atoms with Crippen LogP contribution in [0.2, 0.25) is 0 Å². The van der Waals surface area contributed by atoms with Crippen LogP contribution in [0.1, 0.15) is 0 Å². The van der Waals surface area contributed by atoms with Crippen LogP contribution in [-0.2, 0) is 0 Å². The van der Waals surface area contributed by atoms with Crippen molar-refractivity contribution in [2.45, 2.75) is 0 Å². The molecule has 0 radical (unpaired) electrons. The number of aromatic nitrogens is 2. The van der Waals surface area contributed by atoms with E-state index in [9.17, 15) is 0 Å². The van der Waals surface area contributed by atoms with Gasteiger partial charge in [-0.15, -0.1) is 0 Å². The molecule has 0 aliphatic carbocycles. The van der Waals surface area contributed by atoms with Gasteiger partial charge in [0.15, 0.2) is 0 Å². The Morgan fingerprint density at radius 1 is 1.50 bits per heavy atom. The Hall–Kier alpha value is -0.791. The minimum atomic E-state index is 0.487. The van der Waals surface area contributed by atoms with Crippen molar-refractivity contribution in [3.63, 3.8) is 0 Å². The molecule has 0 saturated heterocycles. The summed E-state index contributed by atoms with van der Waals surface area (Å²) in [5, 5.41) is 1.98. The summed E-state index contributed by atoms with van der Waals surface area (Å²) in [6.07, 6.45) is 1.91. The zero-order chi connectivity index (χ0) is 6.81. The maximum atomic E-state index is 4.21. The molecule has 0 fully saturated rings. The molecule has 10 heavy (non-hydrogen) atoms. The average Bonchev–Trinajstić information content (AvgIpc) is 2.59. The van der Waals surface area contributed by atoms with Crippen LogP contribution in [0.25, 0.3) is 11.4 Å². The van der Waals surface area contributed by atoms with E-state index in [1.807, 2.05) is 23.4 Å². The molecule has 0 aliphatic heterocycles. The minimum absolute atomic E-state index is 0.487. The summed E-state index contributed by atoms with van der Waals surface area (Å²) in [6.45, 7) is 0. The molecule has 0 aliphatic rings. The molecule has 0 atom stereocenters. The number of aromatic amines is 1. The Morgan fingerprint density at radius 3 is 3.10 bits per heavy atom. The van der Waals surface area contributed by atoms with Crippen LogP contribution in [0.4, 0.5) is 0 Å². The van der Waals surface area contributed by atoms with E-state index in [1.165, 1.54) is 0 Å². The van der Waals surface area contributed by atoms with E-state index in [2.05, 4.69) is 14.9 Å². The molecule has 2 heterocycles. The molecule has 0 aromatic carbocycles. The first-order chi connectivity index (χ1) is 4.97. The van der Waals surface area contributed by atoms with Gasteiger partial charge in [-0.1, -0.05) is 0 Å². The van der Waals surface area contributed by atoms with Gasteiger partial charge in [-0.25, -0.2) is 0 Å². The predicted molar refractivity (Wildman–Crippen MR) is 41.0 cm³/mol. The molecule has 2 aromatic heterocycles. The van der Waals surface area contributed by atoms with Crippen molar-refractivity contribution in [1.29, 1.82) is 0 Å². The average molecular weight is 197 g/mol. The second kappa shape index (κ2) is 2.45. The van der Waals surface area contributed by atoms with Gasteiger partial charge >= 0.3 is 64.2 Å². The van der Waals surface area contributed by atoms with E-state index in [0.717, 1.165) is 11.4 Å². The van der Waals surface area contributed by atoms with E-state index in [-0.39, 0.29) is 0 Å². The van der Waals surface area contributed by atoms with Gasteiger partial charge in [-0.05, 0) is 0 Å². The summed E-state index contributed by atoms with van der Waals surface area (Å²) in [7, 11) is 0. The quantitative estimate of drug-likeness (QED) is 0.682. The van der Waals surface area contributed by atoms with E-state index in [1.54, 1.807) is 0 Å². The van der Waals surface area contributed by atoms with Crippen LogP contribution in [0.3, 0.4) is 0 Å². The third-order valence-electron chi connectivity index (χ3n) is 1.31. The summed E-state index contributed by atoms with van der Waals surface area (Å²) in [5.41, 5.74) is 2.21. The monoisotopic (exact) mass is 198 g/mol. The van der Waals surface area contributed by atoms with Gasteiger partial charge in [0.25, 0.3) is 0 Å². The van der Waals surface area contributed by atoms with Crippen molar-refractivity contribution in [2.24, 2.45) is 0 Å². The molecule has 0 amide bonds. The van der Waals surface area contributed by atoms with Gasteiger partial charge < -0.3 is 0 Å². The van der Waals surface area contributed by atoms with Crippen LogP contribution in [0, 0.1) is 0 Å². The number of rotatable bonds is 1. The summed E-state index contributed by atoms with van der Waals surface area (Å²) in [5.74, 6) is 0. The molecule has 3 heteroatoms. The standard InChI is InChI=1S/C7H6N2Se/c1-2-6(8-3-1)7-4-10-5-9-7/h1-5,8H. The van der Waals surface area contributed by atoms with Crippen LogP contribution >= 0.6 is 0 Å². The van der Waals surface area contributed by atoms with Crippen LogP contribution < -0.4 is 0 Å². The van der Waals surface area contributed by atoms with Crippen LogP contribution in [0.5, 0.6) is 0 Å².